The van der Waals surface area contributed by atoms with E-state index in [0.717, 1.165) is 11.1 Å². The van der Waals surface area contributed by atoms with E-state index in [4.69, 9.17) is 18.9 Å². The molecule has 0 N–H and O–H groups in total. The normalized spacial score (nSPS) is 15.4. The number of nitrogens with zero attached hydrogens (tertiary/aromatic N) is 3. The number of hydrogen-bond acceptors (Lipinski definition) is 7. The van der Waals surface area contributed by atoms with Crippen molar-refractivity contribution in [1.82, 2.24) is 14.7 Å². The fraction of sp³-hybridized carbons (Fsp3) is 0.267. The highest BCUT2D eigenvalue weighted by atomic mass is 16.6. The van der Waals surface area contributed by atoms with E-state index in [0.29, 0.717) is 80.9 Å². The van der Waals surface area contributed by atoms with E-state index in [1.54, 1.807) is 51.1 Å². The highest BCUT2D eigenvalue weighted by molar-refractivity contribution is 5.96. The maximum Gasteiger partial charge on any atom is 0.254 e. The SMILES string of the molecule is O=C(c1ccccc1)N1CCN(C(=O)c2ccccc2)Cc2ccc(cc2)OCCOCCOCCOc2ccc(cc2)CN(C(=O)c2ccccc2)CC1. The highest BCUT2D eigenvalue weighted by Gasteiger charge is 2.23. The number of ether oxygens (including phenoxy) is 4. The Labute approximate surface area is 322 Å². The van der Waals surface area contributed by atoms with E-state index in [-0.39, 0.29) is 43.9 Å². The Bertz CT molecular complexity index is 1810. The Morgan fingerprint density at radius 2 is 0.673 bits per heavy atom. The number of carbonyl (C=O) groups is 3. The van der Waals surface area contributed by atoms with Gasteiger partial charge in [-0.3, -0.25) is 14.4 Å². The van der Waals surface area contributed by atoms with Gasteiger partial charge in [0.2, 0.25) is 0 Å². The summed E-state index contributed by atoms with van der Waals surface area (Å²) in [5.41, 5.74) is 3.47. The van der Waals surface area contributed by atoms with Gasteiger partial charge >= 0.3 is 0 Å². The lowest BCUT2D eigenvalue weighted by atomic mass is 10.1. The highest BCUT2D eigenvalue weighted by Crippen LogP contribution is 2.18. The summed E-state index contributed by atoms with van der Waals surface area (Å²) in [6.07, 6.45) is 0. The Morgan fingerprint density at radius 1 is 0.364 bits per heavy atom. The van der Waals surface area contributed by atoms with Gasteiger partial charge in [-0.05, 0) is 71.8 Å². The summed E-state index contributed by atoms with van der Waals surface area (Å²) in [7, 11) is 0. The van der Waals surface area contributed by atoms with Crippen molar-refractivity contribution in [2.45, 2.75) is 13.1 Å². The standard InChI is InChI=1S/C45H47N3O7/c49-43(38-10-4-1-5-11-38)46-24-26-47(44(50)39-12-6-2-7-13-39)34-36-16-20-41(21-17-36)54-32-30-52-28-29-53-31-33-55-42-22-18-37(19-23-42)35-48(27-25-46)45(51)40-14-8-3-9-15-40/h1-23H,24-35H2. The summed E-state index contributed by atoms with van der Waals surface area (Å²) in [5, 5.41) is 0. The molecule has 4 bridgehead atoms. The van der Waals surface area contributed by atoms with Crippen LogP contribution in [0.15, 0.2) is 140 Å². The molecule has 4 heterocycles. The van der Waals surface area contributed by atoms with E-state index in [2.05, 4.69) is 0 Å². The third kappa shape index (κ3) is 11.8. The lowest BCUT2D eigenvalue weighted by Crippen LogP contribution is -2.45. The minimum atomic E-state index is -0.181. The van der Waals surface area contributed by atoms with Crippen LogP contribution in [0.25, 0.3) is 0 Å². The molecule has 0 atom stereocenters. The van der Waals surface area contributed by atoms with Crippen molar-refractivity contribution in [2.24, 2.45) is 0 Å². The molecule has 0 radical (unpaired) electrons. The first-order valence-corrected chi connectivity index (χ1v) is 18.7. The largest absolute Gasteiger partial charge is 0.491 e. The molecule has 10 nitrogen and oxygen atoms in total. The molecule has 0 spiro atoms. The molecule has 55 heavy (non-hydrogen) atoms. The van der Waals surface area contributed by atoms with Crippen molar-refractivity contribution in [3.63, 3.8) is 0 Å². The third-order valence-electron chi connectivity index (χ3n) is 9.16. The lowest BCUT2D eigenvalue weighted by molar-refractivity contribution is 0.0273. The molecule has 10 heteroatoms. The van der Waals surface area contributed by atoms with Gasteiger partial charge in [-0.25, -0.2) is 0 Å². The van der Waals surface area contributed by atoms with Gasteiger partial charge in [-0.15, -0.1) is 0 Å². The van der Waals surface area contributed by atoms with Gasteiger partial charge < -0.3 is 33.6 Å². The molecule has 0 unspecified atom stereocenters. The van der Waals surface area contributed by atoms with E-state index < -0.39 is 0 Å². The van der Waals surface area contributed by atoms with Crippen LogP contribution in [-0.2, 0) is 22.6 Å². The first kappa shape index (κ1) is 38.7. The molecule has 0 saturated heterocycles. The van der Waals surface area contributed by atoms with Crippen molar-refractivity contribution in [3.05, 3.63) is 167 Å². The van der Waals surface area contributed by atoms with Gasteiger partial charge in [0.05, 0.1) is 26.4 Å². The molecule has 0 fully saturated rings. The average molecular weight is 742 g/mol. The Hall–Kier alpha value is -5.97. The first-order chi connectivity index (χ1) is 27.0. The summed E-state index contributed by atoms with van der Waals surface area (Å²) < 4.78 is 23.1. The van der Waals surface area contributed by atoms with Crippen LogP contribution in [0.3, 0.4) is 0 Å². The maximum absolute atomic E-state index is 14.1. The van der Waals surface area contributed by atoms with Crippen molar-refractivity contribution in [2.75, 3.05) is 65.8 Å². The fourth-order valence-corrected chi connectivity index (χ4v) is 6.17. The molecule has 0 aromatic heterocycles. The second-order valence-corrected chi connectivity index (χ2v) is 13.1. The second kappa shape index (κ2) is 20.5. The van der Waals surface area contributed by atoms with Gasteiger partial charge in [0, 0.05) is 56.0 Å². The van der Waals surface area contributed by atoms with Crippen LogP contribution < -0.4 is 9.47 Å². The average Bonchev–Trinajstić information content (AvgIpc) is 3.24. The number of benzene rings is 5. The van der Waals surface area contributed by atoms with Crippen molar-refractivity contribution < 1.29 is 33.3 Å². The molecule has 284 valence electrons. The zero-order valence-corrected chi connectivity index (χ0v) is 31.0. The van der Waals surface area contributed by atoms with Crippen LogP contribution in [0.2, 0.25) is 0 Å². The molecule has 4 aliphatic rings. The molecule has 0 saturated carbocycles. The lowest BCUT2D eigenvalue weighted by Gasteiger charge is -2.31. The minimum Gasteiger partial charge on any atom is -0.491 e. The van der Waals surface area contributed by atoms with Gasteiger partial charge in [-0.2, -0.15) is 0 Å². The zero-order valence-electron chi connectivity index (χ0n) is 31.0. The minimum absolute atomic E-state index is 0.147. The van der Waals surface area contributed by atoms with Gasteiger partial charge in [-0.1, -0.05) is 78.9 Å². The van der Waals surface area contributed by atoms with Crippen LogP contribution in [0.5, 0.6) is 11.5 Å². The van der Waals surface area contributed by atoms with E-state index in [1.807, 2.05) is 103 Å². The van der Waals surface area contributed by atoms with Crippen molar-refractivity contribution >= 4 is 17.7 Å². The van der Waals surface area contributed by atoms with E-state index in [9.17, 15) is 14.4 Å². The number of amides is 3. The first-order valence-electron chi connectivity index (χ1n) is 18.7. The molecule has 9 rings (SSSR count). The van der Waals surface area contributed by atoms with Crippen molar-refractivity contribution in [3.8, 4) is 11.5 Å². The van der Waals surface area contributed by atoms with E-state index in [1.165, 1.54) is 0 Å². The molecule has 5 aromatic carbocycles. The topological polar surface area (TPSA) is 97.9 Å². The van der Waals surface area contributed by atoms with Crippen LogP contribution in [0.4, 0.5) is 0 Å². The fourth-order valence-electron chi connectivity index (χ4n) is 6.17. The van der Waals surface area contributed by atoms with Gasteiger partial charge in [0.25, 0.3) is 17.7 Å². The van der Waals surface area contributed by atoms with E-state index >= 15 is 0 Å². The Morgan fingerprint density at radius 3 is 1.04 bits per heavy atom. The van der Waals surface area contributed by atoms with Crippen molar-refractivity contribution in [1.29, 1.82) is 0 Å². The predicted octanol–water partition coefficient (Wildman–Crippen LogP) is 6.62. The Balaban J connectivity index is 1.28. The Kier molecular flexibility index (Phi) is 14.4. The van der Waals surface area contributed by atoms with Crippen LogP contribution in [0.1, 0.15) is 42.2 Å². The molecule has 3 amide bonds. The van der Waals surface area contributed by atoms with Crippen LogP contribution >= 0.6 is 0 Å². The summed E-state index contributed by atoms with van der Waals surface area (Å²) in [4.78, 5) is 47.4. The number of carbonyl (C=O) groups excluding carboxylic acids is 3. The second-order valence-electron chi connectivity index (χ2n) is 13.1. The number of rotatable bonds is 3. The summed E-state index contributed by atoms with van der Waals surface area (Å²) in [6, 6.07) is 42.7. The van der Waals surface area contributed by atoms with Gasteiger partial charge in [0.1, 0.15) is 24.7 Å². The summed E-state index contributed by atoms with van der Waals surface area (Å²) in [6.45, 7) is 4.15. The van der Waals surface area contributed by atoms with Gasteiger partial charge in [0.15, 0.2) is 0 Å². The maximum atomic E-state index is 14.1. The molecule has 4 aliphatic heterocycles. The summed E-state index contributed by atoms with van der Waals surface area (Å²) in [5.74, 6) is 0.917. The quantitative estimate of drug-likeness (QED) is 0.205. The van der Waals surface area contributed by atoms with Crippen LogP contribution in [0, 0.1) is 0 Å². The predicted molar refractivity (Wildman–Crippen MR) is 210 cm³/mol. The number of hydrogen-bond donors (Lipinski definition) is 0. The molecule has 0 aliphatic carbocycles. The third-order valence-corrected chi connectivity index (χ3v) is 9.16. The van der Waals surface area contributed by atoms with Crippen LogP contribution in [-0.4, -0.2) is 98.2 Å². The molecular formula is C45H47N3O7. The monoisotopic (exact) mass is 741 g/mol. The molecular weight excluding hydrogens is 695 g/mol. The zero-order chi connectivity index (χ0) is 38.1. The summed E-state index contributed by atoms with van der Waals surface area (Å²) >= 11 is 0. The smallest absolute Gasteiger partial charge is 0.254 e. The molecule has 5 aromatic rings.